The third-order valence-electron chi connectivity index (χ3n) is 4.06. The van der Waals surface area contributed by atoms with Crippen molar-refractivity contribution in [2.24, 2.45) is 0 Å². The van der Waals surface area contributed by atoms with Crippen molar-refractivity contribution < 1.29 is 18.7 Å². The summed E-state index contributed by atoms with van der Waals surface area (Å²) in [7, 11) is 3.67. The standard InChI is InChI=1S/C21H27FN4O3/c1-4-29-13-7-12-23-20(27)16-14-15(10-11-19(16)26(2)3)24-21(28)25-18-9-6-5-8-17(18)22/h5-6,8-11,14H,4,7,12-13H2,1-3H3,(H,23,27)(H2,24,25,28). The van der Waals surface area contributed by atoms with Gasteiger partial charge in [0.2, 0.25) is 0 Å². The maximum Gasteiger partial charge on any atom is 0.323 e. The summed E-state index contributed by atoms with van der Waals surface area (Å²) in [6, 6.07) is 10.3. The van der Waals surface area contributed by atoms with Gasteiger partial charge in [0.25, 0.3) is 5.91 Å². The molecule has 29 heavy (non-hydrogen) atoms. The Morgan fingerprint density at radius 3 is 2.55 bits per heavy atom. The van der Waals surface area contributed by atoms with Crippen LogP contribution in [0.3, 0.4) is 0 Å². The Bertz CT molecular complexity index is 842. The Kier molecular flexibility index (Phi) is 8.42. The van der Waals surface area contributed by atoms with E-state index in [-0.39, 0.29) is 11.6 Å². The molecule has 3 N–H and O–H groups in total. The molecule has 0 aliphatic carbocycles. The van der Waals surface area contributed by atoms with Crippen molar-refractivity contribution in [1.29, 1.82) is 0 Å². The molecule has 0 saturated heterocycles. The Morgan fingerprint density at radius 1 is 1.10 bits per heavy atom. The van der Waals surface area contributed by atoms with Gasteiger partial charge in [0.1, 0.15) is 5.82 Å². The van der Waals surface area contributed by atoms with Crippen LogP contribution in [0.2, 0.25) is 0 Å². The Balaban J connectivity index is 2.07. The molecular weight excluding hydrogens is 375 g/mol. The number of urea groups is 1. The minimum absolute atomic E-state index is 0.0715. The summed E-state index contributed by atoms with van der Waals surface area (Å²) in [6.07, 6.45) is 0.708. The highest BCUT2D eigenvalue weighted by molar-refractivity contribution is 6.04. The lowest BCUT2D eigenvalue weighted by molar-refractivity contribution is 0.0944. The average molecular weight is 402 g/mol. The number of nitrogens with zero attached hydrogens (tertiary/aromatic N) is 1. The molecule has 156 valence electrons. The molecule has 3 amide bonds. The third kappa shape index (κ3) is 6.76. The summed E-state index contributed by atoms with van der Waals surface area (Å²) in [5, 5.41) is 7.93. The number of hydrogen-bond acceptors (Lipinski definition) is 4. The number of ether oxygens (including phenoxy) is 1. The quantitative estimate of drug-likeness (QED) is 0.559. The van der Waals surface area contributed by atoms with Crippen LogP contribution in [0.15, 0.2) is 42.5 Å². The number of rotatable bonds is 9. The second-order valence-electron chi connectivity index (χ2n) is 6.49. The van der Waals surface area contributed by atoms with Gasteiger partial charge in [-0.15, -0.1) is 0 Å². The summed E-state index contributed by atoms with van der Waals surface area (Å²) in [4.78, 5) is 26.6. The lowest BCUT2D eigenvalue weighted by Gasteiger charge is -2.18. The molecule has 0 bridgehead atoms. The van der Waals surface area contributed by atoms with Gasteiger partial charge in [-0.05, 0) is 43.7 Å². The van der Waals surface area contributed by atoms with Gasteiger partial charge in [0, 0.05) is 45.2 Å². The molecule has 0 heterocycles. The average Bonchev–Trinajstić information content (AvgIpc) is 2.69. The van der Waals surface area contributed by atoms with Crippen LogP contribution in [0.4, 0.5) is 26.2 Å². The van der Waals surface area contributed by atoms with Gasteiger partial charge in [-0.25, -0.2) is 9.18 Å². The van der Waals surface area contributed by atoms with E-state index in [0.717, 1.165) is 0 Å². The first kappa shape index (κ1) is 22.2. The highest BCUT2D eigenvalue weighted by Crippen LogP contribution is 2.23. The van der Waals surface area contributed by atoms with Gasteiger partial charge in [0.15, 0.2) is 0 Å². The first-order chi connectivity index (χ1) is 13.9. The Hall–Kier alpha value is -3.13. The number of para-hydroxylation sites is 1. The monoisotopic (exact) mass is 402 g/mol. The largest absolute Gasteiger partial charge is 0.382 e. The first-order valence-corrected chi connectivity index (χ1v) is 9.42. The molecule has 0 saturated carbocycles. The topological polar surface area (TPSA) is 82.7 Å². The molecule has 2 aromatic carbocycles. The number of amides is 3. The van der Waals surface area contributed by atoms with Crippen molar-refractivity contribution >= 4 is 29.0 Å². The molecule has 0 unspecified atom stereocenters. The Morgan fingerprint density at radius 2 is 1.86 bits per heavy atom. The summed E-state index contributed by atoms with van der Waals surface area (Å²) in [6.45, 7) is 3.62. The molecular formula is C21H27FN4O3. The number of hydrogen-bond donors (Lipinski definition) is 3. The molecule has 0 aromatic heterocycles. The van der Waals surface area contributed by atoms with Gasteiger partial charge >= 0.3 is 6.03 Å². The van der Waals surface area contributed by atoms with Gasteiger partial charge in [-0.1, -0.05) is 12.1 Å². The number of carbonyl (C=O) groups excluding carboxylic acids is 2. The van der Waals surface area contributed by atoms with Crippen molar-refractivity contribution in [3.8, 4) is 0 Å². The highest BCUT2D eigenvalue weighted by Gasteiger charge is 2.15. The lowest BCUT2D eigenvalue weighted by Crippen LogP contribution is -2.28. The van der Waals surface area contributed by atoms with E-state index < -0.39 is 11.8 Å². The minimum Gasteiger partial charge on any atom is -0.382 e. The molecule has 0 radical (unpaired) electrons. The molecule has 2 rings (SSSR count). The molecule has 8 heteroatoms. The van der Waals surface area contributed by atoms with Crippen LogP contribution in [0.25, 0.3) is 0 Å². The summed E-state index contributed by atoms with van der Waals surface area (Å²) >= 11 is 0. The molecule has 0 spiro atoms. The summed E-state index contributed by atoms with van der Waals surface area (Å²) < 4.78 is 18.9. The van der Waals surface area contributed by atoms with Gasteiger partial charge in [-0.2, -0.15) is 0 Å². The Labute approximate surface area is 170 Å². The number of benzene rings is 2. The number of carbonyl (C=O) groups is 2. The predicted molar refractivity (Wildman–Crippen MR) is 113 cm³/mol. The number of anilines is 3. The molecule has 2 aromatic rings. The van der Waals surface area contributed by atoms with Crippen molar-refractivity contribution in [1.82, 2.24) is 5.32 Å². The maximum absolute atomic E-state index is 13.7. The third-order valence-corrected chi connectivity index (χ3v) is 4.06. The van der Waals surface area contributed by atoms with Crippen molar-refractivity contribution in [2.45, 2.75) is 13.3 Å². The lowest BCUT2D eigenvalue weighted by atomic mass is 10.1. The van der Waals surface area contributed by atoms with E-state index in [2.05, 4.69) is 16.0 Å². The fraction of sp³-hybridized carbons (Fsp3) is 0.333. The van der Waals surface area contributed by atoms with E-state index in [1.54, 1.807) is 24.3 Å². The van der Waals surface area contributed by atoms with Crippen LogP contribution < -0.4 is 20.9 Å². The molecule has 7 nitrogen and oxygen atoms in total. The van der Waals surface area contributed by atoms with Crippen LogP contribution in [-0.4, -0.2) is 45.8 Å². The van der Waals surface area contributed by atoms with Crippen LogP contribution in [-0.2, 0) is 4.74 Å². The van der Waals surface area contributed by atoms with E-state index in [1.165, 1.54) is 18.2 Å². The smallest absolute Gasteiger partial charge is 0.323 e. The van der Waals surface area contributed by atoms with Crippen LogP contribution in [0.5, 0.6) is 0 Å². The van der Waals surface area contributed by atoms with E-state index in [1.807, 2.05) is 25.9 Å². The fourth-order valence-electron chi connectivity index (χ4n) is 2.65. The maximum atomic E-state index is 13.7. The fourth-order valence-corrected chi connectivity index (χ4v) is 2.65. The van der Waals surface area contributed by atoms with E-state index >= 15 is 0 Å². The summed E-state index contributed by atoms with van der Waals surface area (Å²) in [5.74, 6) is -0.777. The van der Waals surface area contributed by atoms with Gasteiger partial charge in [0.05, 0.1) is 11.3 Å². The van der Waals surface area contributed by atoms with Crippen LogP contribution >= 0.6 is 0 Å². The number of halogens is 1. The SMILES string of the molecule is CCOCCCNC(=O)c1cc(NC(=O)Nc2ccccc2F)ccc1N(C)C. The predicted octanol–water partition coefficient (Wildman–Crippen LogP) is 3.69. The molecule has 0 fully saturated rings. The first-order valence-electron chi connectivity index (χ1n) is 9.42. The molecule has 0 aliphatic rings. The number of nitrogens with one attached hydrogen (secondary N) is 3. The minimum atomic E-state index is -0.601. The zero-order valence-corrected chi connectivity index (χ0v) is 16.9. The highest BCUT2D eigenvalue weighted by atomic mass is 19.1. The van der Waals surface area contributed by atoms with E-state index in [0.29, 0.717) is 43.1 Å². The second-order valence-corrected chi connectivity index (χ2v) is 6.49. The molecule has 0 atom stereocenters. The second kappa shape index (κ2) is 11.0. The summed E-state index contributed by atoms with van der Waals surface area (Å²) in [5.41, 5.74) is 1.63. The van der Waals surface area contributed by atoms with Gasteiger partial charge < -0.3 is 25.6 Å². The van der Waals surface area contributed by atoms with E-state index in [9.17, 15) is 14.0 Å². The zero-order chi connectivity index (χ0) is 21.2. The van der Waals surface area contributed by atoms with Crippen LogP contribution in [0, 0.1) is 5.82 Å². The van der Waals surface area contributed by atoms with Gasteiger partial charge in [-0.3, -0.25) is 4.79 Å². The van der Waals surface area contributed by atoms with E-state index in [4.69, 9.17) is 4.74 Å². The van der Waals surface area contributed by atoms with Crippen molar-refractivity contribution in [3.05, 3.63) is 53.8 Å². The zero-order valence-electron chi connectivity index (χ0n) is 16.9. The van der Waals surface area contributed by atoms with Crippen molar-refractivity contribution in [2.75, 3.05) is 49.4 Å². The molecule has 0 aliphatic heterocycles. The normalized spacial score (nSPS) is 10.3. The van der Waals surface area contributed by atoms with Crippen molar-refractivity contribution in [3.63, 3.8) is 0 Å². The van der Waals surface area contributed by atoms with Crippen LogP contribution in [0.1, 0.15) is 23.7 Å².